The maximum Gasteiger partial charge on any atom is 0.147 e. The van der Waals surface area contributed by atoms with Crippen molar-refractivity contribution in [3.8, 4) is 0 Å². The Hall–Kier alpha value is -2.89. The number of hydrogen-bond donors (Lipinski definition) is 0. The van der Waals surface area contributed by atoms with Gasteiger partial charge in [-0.3, -0.25) is 0 Å². The van der Waals surface area contributed by atoms with Gasteiger partial charge in [-0.2, -0.15) is 0 Å². The molecule has 4 aromatic rings. The van der Waals surface area contributed by atoms with Crippen molar-refractivity contribution in [1.29, 1.82) is 0 Å². The van der Waals surface area contributed by atoms with Gasteiger partial charge in [0.25, 0.3) is 0 Å². The first kappa shape index (κ1) is 19.1. The molecule has 0 N–H and O–H groups in total. The van der Waals surface area contributed by atoms with Gasteiger partial charge in [0.1, 0.15) is 7.14 Å². The molecule has 4 aromatic carbocycles. The first-order valence-corrected chi connectivity index (χ1v) is 12.4. The molecule has 1 aliphatic carbocycles. The first-order chi connectivity index (χ1) is 14.8. The highest BCUT2D eigenvalue weighted by atomic mass is 31.2. The SMILES string of the molecule is O=P(c1ccccc1)(c1ccccc1)[C@@H]1CCc2ccccc2[C@H]1c1ccccc1. The Morgan fingerprint density at radius 3 is 1.70 bits per heavy atom. The molecule has 0 spiro atoms. The van der Waals surface area contributed by atoms with E-state index < -0.39 is 7.14 Å². The zero-order valence-electron chi connectivity index (χ0n) is 16.9. The van der Waals surface area contributed by atoms with Crippen LogP contribution in [0.3, 0.4) is 0 Å². The van der Waals surface area contributed by atoms with Gasteiger partial charge in [-0.1, -0.05) is 115 Å². The van der Waals surface area contributed by atoms with Crippen molar-refractivity contribution in [2.24, 2.45) is 0 Å². The smallest absolute Gasteiger partial charge is 0.147 e. The van der Waals surface area contributed by atoms with Crippen LogP contribution < -0.4 is 10.6 Å². The predicted molar refractivity (Wildman–Crippen MR) is 127 cm³/mol. The van der Waals surface area contributed by atoms with Crippen LogP contribution in [0.2, 0.25) is 0 Å². The average molecular weight is 408 g/mol. The van der Waals surface area contributed by atoms with Crippen molar-refractivity contribution < 1.29 is 4.57 Å². The minimum absolute atomic E-state index is 0.0274. The van der Waals surface area contributed by atoms with E-state index in [2.05, 4.69) is 78.9 Å². The van der Waals surface area contributed by atoms with Gasteiger partial charge in [-0.05, 0) is 29.5 Å². The van der Waals surface area contributed by atoms with Gasteiger partial charge in [0, 0.05) is 22.2 Å². The van der Waals surface area contributed by atoms with Crippen molar-refractivity contribution in [2.75, 3.05) is 0 Å². The van der Waals surface area contributed by atoms with Crippen molar-refractivity contribution >= 4 is 17.8 Å². The highest BCUT2D eigenvalue weighted by Gasteiger charge is 2.44. The standard InChI is InChI=1S/C28H25OP/c29-30(24-15-6-2-7-16-24,25-17-8-3-9-18-25)27-21-20-22-12-10-11-19-26(22)28(27)23-13-4-1-5-14-23/h1-19,27-28H,20-21H2/t27-,28-/m1/s1. The van der Waals surface area contributed by atoms with E-state index in [1.165, 1.54) is 16.7 Å². The quantitative estimate of drug-likeness (QED) is 0.370. The summed E-state index contributed by atoms with van der Waals surface area (Å²) in [6, 6.07) is 39.6. The Bertz CT molecular complexity index is 1130. The molecule has 1 aliphatic rings. The third kappa shape index (κ3) is 3.24. The zero-order valence-corrected chi connectivity index (χ0v) is 17.8. The molecule has 2 atom stereocenters. The topological polar surface area (TPSA) is 17.1 Å². The molecule has 5 rings (SSSR count). The normalized spacial score (nSPS) is 18.5. The lowest BCUT2D eigenvalue weighted by atomic mass is 9.78. The monoisotopic (exact) mass is 408 g/mol. The lowest BCUT2D eigenvalue weighted by Gasteiger charge is -2.39. The molecule has 1 nitrogen and oxygen atoms in total. The van der Waals surface area contributed by atoms with Crippen molar-refractivity contribution in [2.45, 2.75) is 24.4 Å². The largest absolute Gasteiger partial charge is 0.313 e. The molecule has 0 saturated carbocycles. The van der Waals surface area contributed by atoms with Crippen LogP contribution in [0.4, 0.5) is 0 Å². The van der Waals surface area contributed by atoms with E-state index in [0.717, 1.165) is 23.5 Å². The van der Waals surface area contributed by atoms with E-state index >= 15 is 4.57 Å². The predicted octanol–water partition coefficient (Wildman–Crippen LogP) is 6.15. The van der Waals surface area contributed by atoms with E-state index in [-0.39, 0.29) is 11.6 Å². The Labute approximate surface area is 178 Å². The van der Waals surface area contributed by atoms with Gasteiger partial charge in [0.15, 0.2) is 0 Å². The molecule has 0 aliphatic heterocycles. The molecule has 0 amide bonds. The van der Waals surface area contributed by atoms with Gasteiger partial charge in [0.2, 0.25) is 0 Å². The Morgan fingerprint density at radius 2 is 1.10 bits per heavy atom. The van der Waals surface area contributed by atoms with Crippen LogP contribution in [0.5, 0.6) is 0 Å². The van der Waals surface area contributed by atoms with Crippen molar-refractivity contribution in [3.05, 3.63) is 132 Å². The van der Waals surface area contributed by atoms with E-state index in [9.17, 15) is 0 Å². The highest BCUT2D eigenvalue weighted by Crippen LogP contribution is 2.58. The van der Waals surface area contributed by atoms with Crippen LogP contribution in [0.15, 0.2) is 115 Å². The Balaban J connectivity index is 1.76. The average Bonchev–Trinajstić information content (AvgIpc) is 2.84. The second kappa shape index (κ2) is 8.09. The second-order valence-corrected chi connectivity index (χ2v) is 11.0. The van der Waals surface area contributed by atoms with E-state index in [0.29, 0.717) is 0 Å². The van der Waals surface area contributed by atoms with E-state index in [1.54, 1.807) is 0 Å². The zero-order chi connectivity index (χ0) is 20.4. The molecule has 0 unspecified atom stereocenters. The summed E-state index contributed by atoms with van der Waals surface area (Å²) in [6.45, 7) is 0. The minimum atomic E-state index is -2.88. The van der Waals surface area contributed by atoms with Crippen molar-refractivity contribution in [3.63, 3.8) is 0 Å². The maximum absolute atomic E-state index is 15.2. The number of hydrogen-bond acceptors (Lipinski definition) is 1. The molecular weight excluding hydrogens is 383 g/mol. The summed E-state index contributed by atoms with van der Waals surface area (Å²) < 4.78 is 15.2. The third-order valence-electron chi connectivity index (χ3n) is 6.39. The summed E-state index contributed by atoms with van der Waals surface area (Å²) in [4.78, 5) is 0. The molecule has 0 fully saturated rings. The number of benzene rings is 4. The van der Waals surface area contributed by atoms with Crippen molar-refractivity contribution in [1.82, 2.24) is 0 Å². The molecule has 0 saturated heterocycles. The summed E-state index contributed by atoms with van der Waals surface area (Å²) in [5.74, 6) is 0.113. The van der Waals surface area contributed by atoms with Crippen LogP contribution in [-0.2, 0) is 11.0 Å². The lowest BCUT2D eigenvalue weighted by molar-refractivity contribution is 0.548. The summed E-state index contributed by atoms with van der Waals surface area (Å²) in [6.07, 6.45) is 1.88. The third-order valence-corrected chi connectivity index (χ3v) is 10.0. The summed E-state index contributed by atoms with van der Waals surface area (Å²) >= 11 is 0. The molecule has 30 heavy (non-hydrogen) atoms. The van der Waals surface area contributed by atoms with Crippen LogP contribution in [0.1, 0.15) is 29.0 Å². The van der Waals surface area contributed by atoms with Gasteiger partial charge in [0.05, 0.1) is 0 Å². The molecule has 0 bridgehead atoms. The highest BCUT2D eigenvalue weighted by molar-refractivity contribution is 7.79. The number of aryl methyl sites for hydroxylation is 1. The Kier molecular flexibility index (Phi) is 5.15. The lowest BCUT2D eigenvalue weighted by Crippen LogP contribution is -2.34. The molecule has 0 radical (unpaired) electrons. The van der Waals surface area contributed by atoms with Crippen LogP contribution in [0.25, 0.3) is 0 Å². The minimum Gasteiger partial charge on any atom is -0.313 e. The van der Waals surface area contributed by atoms with Gasteiger partial charge in [-0.15, -0.1) is 0 Å². The fourth-order valence-corrected chi connectivity index (χ4v) is 8.57. The molecule has 0 heterocycles. The van der Waals surface area contributed by atoms with Gasteiger partial charge >= 0.3 is 0 Å². The van der Waals surface area contributed by atoms with Crippen LogP contribution in [-0.4, -0.2) is 5.66 Å². The van der Waals surface area contributed by atoms with Gasteiger partial charge in [-0.25, -0.2) is 0 Å². The summed E-state index contributed by atoms with van der Waals surface area (Å²) in [5, 5.41) is 1.92. The fourth-order valence-electron chi connectivity index (χ4n) is 5.03. The maximum atomic E-state index is 15.2. The number of rotatable bonds is 4. The molecule has 0 aromatic heterocycles. The first-order valence-electron chi connectivity index (χ1n) is 10.6. The second-order valence-electron chi connectivity index (χ2n) is 8.02. The fraction of sp³-hybridized carbons (Fsp3) is 0.143. The molecule has 148 valence electrons. The van der Waals surface area contributed by atoms with E-state index in [4.69, 9.17) is 0 Å². The summed E-state index contributed by atoms with van der Waals surface area (Å²) in [7, 11) is -2.88. The molecular formula is C28H25OP. The van der Waals surface area contributed by atoms with Gasteiger partial charge < -0.3 is 4.57 Å². The molecule has 2 heteroatoms. The summed E-state index contributed by atoms with van der Waals surface area (Å²) in [5.41, 5.74) is 3.99. The Morgan fingerprint density at radius 1 is 0.600 bits per heavy atom. The number of fused-ring (bicyclic) bond motifs is 1. The van der Waals surface area contributed by atoms with E-state index in [1.807, 2.05) is 36.4 Å². The van der Waals surface area contributed by atoms with Crippen LogP contribution >= 0.6 is 7.14 Å². The van der Waals surface area contributed by atoms with Crippen LogP contribution in [0, 0.1) is 0 Å².